The molecule has 1 unspecified atom stereocenters. The van der Waals surface area contributed by atoms with E-state index in [1.807, 2.05) is 12.1 Å². The lowest BCUT2D eigenvalue weighted by Crippen LogP contribution is -2.35. The van der Waals surface area contributed by atoms with Crippen LogP contribution in [0.25, 0.3) is 0 Å². The average Bonchev–Trinajstić information content (AvgIpc) is 2.25. The largest absolute Gasteiger partial charge is 0.352 e. The van der Waals surface area contributed by atoms with Crippen LogP contribution in [0.2, 0.25) is 0 Å². The molecule has 0 heterocycles. The maximum absolute atomic E-state index is 10.4. The number of halogens is 1. The second kappa shape index (κ2) is 6.50. The predicted octanol–water partition coefficient (Wildman–Crippen LogP) is 1.77. The van der Waals surface area contributed by atoms with E-state index in [1.165, 1.54) is 5.56 Å². The summed E-state index contributed by atoms with van der Waals surface area (Å²) in [5, 5.41) is 5.82. The highest BCUT2D eigenvalue weighted by atomic mass is 79.9. The van der Waals surface area contributed by atoms with E-state index in [-0.39, 0.29) is 6.04 Å². The van der Waals surface area contributed by atoms with Crippen molar-refractivity contribution in [3.63, 3.8) is 0 Å². The maximum atomic E-state index is 10.4. The third kappa shape index (κ3) is 4.63. The quantitative estimate of drug-likeness (QED) is 0.722. The molecule has 16 heavy (non-hydrogen) atoms. The van der Waals surface area contributed by atoms with Crippen LogP contribution in [0.3, 0.4) is 0 Å². The summed E-state index contributed by atoms with van der Waals surface area (Å²) in [6.45, 7) is 3.31. The standard InChI is InChI=1S/C11H16BrN3O/c1-8(14-6-7-15-11(13)16)9-2-4-10(12)5-3-9/h2-5,8,14H,6-7H2,1H3,(H3,13,15,16). The minimum absolute atomic E-state index is 0.253. The normalized spacial score (nSPS) is 12.1. The Morgan fingerprint density at radius 3 is 2.56 bits per heavy atom. The number of nitrogens with two attached hydrogens (primary N) is 1. The molecule has 0 aliphatic heterocycles. The van der Waals surface area contributed by atoms with Gasteiger partial charge in [0, 0.05) is 23.6 Å². The monoisotopic (exact) mass is 285 g/mol. The van der Waals surface area contributed by atoms with E-state index in [2.05, 4.69) is 45.6 Å². The van der Waals surface area contributed by atoms with Crippen molar-refractivity contribution in [2.75, 3.05) is 13.1 Å². The molecule has 0 aromatic heterocycles. The molecule has 0 radical (unpaired) electrons. The van der Waals surface area contributed by atoms with Crippen LogP contribution < -0.4 is 16.4 Å². The van der Waals surface area contributed by atoms with Gasteiger partial charge in [0.2, 0.25) is 0 Å². The van der Waals surface area contributed by atoms with Crippen LogP contribution in [-0.2, 0) is 0 Å². The zero-order valence-corrected chi connectivity index (χ0v) is 10.8. The van der Waals surface area contributed by atoms with E-state index in [9.17, 15) is 4.79 Å². The summed E-state index contributed by atoms with van der Waals surface area (Å²) in [6.07, 6.45) is 0. The fourth-order valence-electron chi connectivity index (χ4n) is 1.34. The molecule has 0 aliphatic carbocycles. The van der Waals surface area contributed by atoms with E-state index < -0.39 is 6.03 Å². The highest BCUT2D eigenvalue weighted by molar-refractivity contribution is 9.10. The van der Waals surface area contributed by atoms with Crippen molar-refractivity contribution in [2.45, 2.75) is 13.0 Å². The maximum Gasteiger partial charge on any atom is 0.312 e. The van der Waals surface area contributed by atoms with Crippen molar-refractivity contribution < 1.29 is 4.79 Å². The molecule has 0 aliphatic rings. The number of carbonyl (C=O) groups excluding carboxylic acids is 1. The van der Waals surface area contributed by atoms with Gasteiger partial charge in [-0.1, -0.05) is 28.1 Å². The molecule has 1 rings (SSSR count). The van der Waals surface area contributed by atoms with Gasteiger partial charge in [-0.3, -0.25) is 0 Å². The number of carbonyl (C=O) groups is 1. The number of hydrogen-bond donors (Lipinski definition) is 3. The van der Waals surface area contributed by atoms with Gasteiger partial charge in [0.05, 0.1) is 0 Å². The number of hydrogen-bond acceptors (Lipinski definition) is 2. The van der Waals surface area contributed by atoms with Crippen molar-refractivity contribution in [1.29, 1.82) is 0 Å². The second-order valence-corrected chi connectivity index (χ2v) is 4.43. The Morgan fingerprint density at radius 2 is 2.00 bits per heavy atom. The highest BCUT2D eigenvalue weighted by Gasteiger charge is 2.03. The van der Waals surface area contributed by atoms with Gasteiger partial charge in [0.1, 0.15) is 0 Å². The van der Waals surface area contributed by atoms with Gasteiger partial charge in [-0.25, -0.2) is 4.79 Å². The number of amides is 2. The van der Waals surface area contributed by atoms with Crippen LogP contribution in [0.1, 0.15) is 18.5 Å². The smallest absolute Gasteiger partial charge is 0.312 e. The third-order valence-corrected chi connectivity index (χ3v) is 2.77. The molecule has 4 nitrogen and oxygen atoms in total. The third-order valence-electron chi connectivity index (χ3n) is 2.24. The summed E-state index contributed by atoms with van der Waals surface area (Å²) in [4.78, 5) is 10.4. The Kier molecular flexibility index (Phi) is 5.28. The predicted molar refractivity (Wildman–Crippen MR) is 68.1 cm³/mol. The van der Waals surface area contributed by atoms with Crippen molar-refractivity contribution in [1.82, 2.24) is 10.6 Å². The van der Waals surface area contributed by atoms with Gasteiger partial charge < -0.3 is 16.4 Å². The molecule has 0 spiro atoms. The van der Waals surface area contributed by atoms with Crippen LogP contribution in [0.15, 0.2) is 28.7 Å². The van der Waals surface area contributed by atoms with E-state index in [1.54, 1.807) is 0 Å². The van der Waals surface area contributed by atoms with Crippen molar-refractivity contribution >= 4 is 22.0 Å². The van der Waals surface area contributed by atoms with Crippen molar-refractivity contribution in [2.24, 2.45) is 5.73 Å². The zero-order chi connectivity index (χ0) is 12.0. The first kappa shape index (κ1) is 13.0. The van der Waals surface area contributed by atoms with E-state index >= 15 is 0 Å². The SMILES string of the molecule is CC(NCCNC(N)=O)c1ccc(Br)cc1. The Morgan fingerprint density at radius 1 is 1.38 bits per heavy atom. The number of rotatable bonds is 5. The summed E-state index contributed by atoms with van der Waals surface area (Å²) < 4.78 is 1.07. The molecule has 0 saturated heterocycles. The van der Waals surface area contributed by atoms with Crippen LogP contribution >= 0.6 is 15.9 Å². The summed E-state index contributed by atoms with van der Waals surface area (Å²) in [5.41, 5.74) is 6.16. The average molecular weight is 286 g/mol. The first-order valence-electron chi connectivity index (χ1n) is 5.11. The molecule has 0 fully saturated rings. The second-order valence-electron chi connectivity index (χ2n) is 3.52. The fourth-order valence-corrected chi connectivity index (χ4v) is 1.61. The molecular weight excluding hydrogens is 270 g/mol. The van der Waals surface area contributed by atoms with Crippen LogP contribution in [0.4, 0.5) is 4.79 Å². The fraction of sp³-hybridized carbons (Fsp3) is 0.364. The first-order chi connectivity index (χ1) is 7.59. The minimum atomic E-state index is -0.488. The Bertz CT molecular complexity index is 340. The Balaban J connectivity index is 2.32. The van der Waals surface area contributed by atoms with Crippen molar-refractivity contribution in [3.8, 4) is 0 Å². The molecule has 2 amide bonds. The number of primary amides is 1. The van der Waals surface area contributed by atoms with Crippen molar-refractivity contribution in [3.05, 3.63) is 34.3 Å². The highest BCUT2D eigenvalue weighted by Crippen LogP contribution is 2.15. The molecule has 1 atom stereocenters. The lowest BCUT2D eigenvalue weighted by molar-refractivity contribution is 0.249. The molecule has 5 heteroatoms. The Labute approximate surface area is 104 Å². The minimum Gasteiger partial charge on any atom is -0.352 e. The van der Waals surface area contributed by atoms with Gasteiger partial charge in [0.25, 0.3) is 0 Å². The van der Waals surface area contributed by atoms with Gasteiger partial charge in [-0.15, -0.1) is 0 Å². The van der Waals surface area contributed by atoms with Gasteiger partial charge in [-0.05, 0) is 24.6 Å². The molecule has 4 N–H and O–H groups in total. The zero-order valence-electron chi connectivity index (χ0n) is 9.16. The molecule has 1 aromatic carbocycles. The van der Waals surface area contributed by atoms with Gasteiger partial charge in [0.15, 0.2) is 0 Å². The summed E-state index contributed by atoms with van der Waals surface area (Å²) >= 11 is 3.39. The van der Waals surface area contributed by atoms with Gasteiger partial charge in [-0.2, -0.15) is 0 Å². The van der Waals surface area contributed by atoms with Crippen LogP contribution in [-0.4, -0.2) is 19.1 Å². The van der Waals surface area contributed by atoms with E-state index in [4.69, 9.17) is 5.73 Å². The molecule has 0 saturated carbocycles. The van der Waals surface area contributed by atoms with Gasteiger partial charge >= 0.3 is 6.03 Å². The number of benzene rings is 1. The van der Waals surface area contributed by atoms with E-state index in [0.717, 1.165) is 4.47 Å². The summed E-state index contributed by atoms with van der Waals surface area (Å²) in [6, 6.07) is 7.90. The topological polar surface area (TPSA) is 67.2 Å². The van der Waals surface area contributed by atoms with Crippen LogP contribution in [0.5, 0.6) is 0 Å². The lowest BCUT2D eigenvalue weighted by Gasteiger charge is -2.14. The molecule has 88 valence electrons. The molecular formula is C11H16BrN3O. The summed E-state index contributed by atoms with van der Waals surface area (Å²) in [7, 11) is 0. The molecule has 0 bridgehead atoms. The summed E-state index contributed by atoms with van der Waals surface area (Å²) in [5.74, 6) is 0. The lowest BCUT2D eigenvalue weighted by atomic mass is 10.1. The van der Waals surface area contributed by atoms with E-state index in [0.29, 0.717) is 13.1 Å². The molecule has 1 aromatic rings. The first-order valence-corrected chi connectivity index (χ1v) is 5.91. The number of nitrogens with one attached hydrogen (secondary N) is 2. The Hall–Kier alpha value is -1.07. The van der Waals surface area contributed by atoms with Crippen LogP contribution in [0, 0.1) is 0 Å². The number of urea groups is 1.